The van der Waals surface area contributed by atoms with Crippen molar-refractivity contribution in [3.8, 4) is 0 Å². The molecule has 0 radical (unpaired) electrons. The number of carbonyl (C=O) groups excluding carboxylic acids is 1. The minimum absolute atomic E-state index is 0.131. The van der Waals surface area contributed by atoms with E-state index >= 15 is 0 Å². The highest BCUT2D eigenvalue weighted by Crippen LogP contribution is 2.29. The first-order valence-corrected chi connectivity index (χ1v) is 7.91. The largest absolute Gasteiger partial charge is 0.399 e. The van der Waals surface area contributed by atoms with Crippen molar-refractivity contribution >= 4 is 39.3 Å². The summed E-state index contributed by atoms with van der Waals surface area (Å²) >= 11 is 4.98. The van der Waals surface area contributed by atoms with Gasteiger partial charge >= 0.3 is 0 Å². The molecule has 1 aromatic carbocycles. The van der Waals surface area contributed by atoms with Crippen LogP contribution in [-0.2, 0) is 9.53 Å². The lowest BCUT2D eigenvalue weighted by atomic mass is 10.3. The van der Waals surface area contributed by atoms with Gasteiger partial charge in [-0.2, -0.15) is 0 Å². The van der Waals surface area contributed by atoms with E-state index in [2.05, 4.69) is 15.9 Å². The van der Waals surface area contributed by atoms with Crippen LogP contribution in [0, 0.1) is 0 Å². The second-order valence-electron chi connectivity index (χ2n) is 4.50. The minimum atomic E-state index is 0.131. The van der Waals surface area contributed by atoms with Gasteiger partial charge in [-0.1, -0.05) is 0 Å². The van der Waals surface area contributed by atoms with Crippen LogP contribution in [0.4, 0.5) is 5.69 Å². The van der Waals surface area contributed by atoms with Crippen molar-refractivity contribution < 1.29 is 9.53 Å². The minimum Gasteiger partial charge on any atom is -0.399 e. The Bertz CT molecular complexity index is 470. The maximum absolute atomic E-state index is 12.1. The van der Waals surface area contributed by atoms with Gasteiger partial charge in [-0.15, -0.1) is 11.8 Å². The Morgan fingerprint density at radius 1 is 1.63 bits per heavy atom. The number of thioether (sulfide) groups is 1. The number of ether oxygens (including phenoxy) is 1. The second-order valence-corrected chi connectivity index (χ2v) is 6.37. The number of carbonyl (C=O) groups is 1. The maximum Gasteiger partial charge on any atom is 0.233 e. The van der Waals surface area contributed by atoms with Crippen LogP contribution in [0.2, 0.25) is 0 Å². The summed E-state index contributed by atoms with van der Waals surface area (Å²) in [5.74, 6) is 0.596. The van der Waals surface area contributed by atoms with Gasteiger partial charge in [0.15, 0.2) is 0 Å². The van der Waals surface area contributed by atoms with Crippen LogP contribution in [0.1, 0.15) is 6.92 Å². The molecule has 1 saturated heterocycles. The number of benzene rings is 1. The molecule has 1 amide bonds. The molecule has 1 aromatic rings. The van der Waals surface area contributed by atoms with Crippen LogP contribution in [0.25, 0.3) is 0 Å². The molecule has 1 unspecified atom stereocenters. The highest BCUT2D eigenvalue weighted by atomic mass is 79.9. The van der Waals surface area contributed by atoms with Crippen LogP contribution < -0.4 is 5.73 Å². The topological polar surface area (TPSA) is 55.6 Å². The molecule has 1 heterocycles. The molecule has 2 N–H and O–H groups in total. The summed E-state index contributed by atoms with van der Waals surface area (Å²) in [6, 6.07) is 5.62. The van der Waals surface area contributed by atoms with Crippen molar-refractivity contribution in [3.05, 3.63) is 22.7 Å². The summed E-state index contributed by atoms with van der Waals surface area (Å²) in [7, 11) is 0. The van der Waals surface area contributed by atoms with Crippen LogP contribution in [0.3, 0.4) is 0 Å². The number of hydrogen-bond donors (Lipinski definition) is 1. The lowest BCUT2D eigenvalue weighted by Gasteiger charge is -2.31. The van der Waals surface area contributed by atoms with Crippen molar-refractivity contribution in [2.45, 2.75) is 17.9 Å². The first-order chi connectivity index (χ1) is 9.06. The van der Waals surface area contributed by atoms with Crippen molar-refractivity contribution in [2.75, 3.05) is 31.2 Å². The van der Waals surface area contributed by atoms with Crippen molar-refractivity contribution in [1.82, 2.24) is 4.90 Å². The zero-order valence-electron chi connectivity index (χ0n) is 10.8. The zero-order chi connectivity index (χ0) is 13.8. The zero-order valence-corrected chi connectivity index (χ0v) is 13.2. The first-order valence-electron chi connectivity index (χ1n) is 6.13. The SMILES string of the molecule is CC1CN(C(=O)CSc2ccc(N)cc2Br)CCO1. The van der Waals surface area contributed by atoms with E-state index in [4.69, 9.17) is 10.5 Å². The molecule has 2 rings (SSSR count). The number of morpholine rings is 1. The molecular weight excluding hydrogens is 328 g/mol. The summed E-state index contributed by atoms with van der Waals surface area (Å²) < 4.78 is 6.36. The second kappa shape index (κ2) is 6.63. The molecule has 19 heavy (non-hydrogen) atoms. The maximum atomic E-state index is 12.1. The van der Waals surface area contributed by atoms with Gasteiger partial charge in [0, 0.05) is 28.1 Å². The standard InChI is InChI=1S/C13H17BrN2O2S/c1-9-7-16(4-5-18-9)13(17)8-19-12-3-2-10(15)6-11(12)14/h2-3,6,9H,4-5,7-8,15H2,1H3. The number of nitrogen functional groups attached to an aromatic ring is 1. The Labute approximate surface area is 125 Å². The van der Waals surface area contributed by atoms with Gasteiger partial charge in [-0.25, -0.2) is 0 Å². The summed E-state index contributed by atoms with van der Waals surface area (Å²) in [6.07, 6.45) is 0.131. The number of anilines is 1. The molecule has 1 aliphatic heterocycles. The van der Waals surface area contributed by atoms with Gasteiger partial charge in [0.05, 0.1) is 18.5 Å². The Morgan fingerprint density at radius 2 is 2.42 bits per heavy atom. The third kappa shape index (κ3) is 4.12. The lowest BCUT2D eigenvalue weighted by Crippen LogP contribution is -2.45. The predicted octanol–water partition coefficient (Wildman–Crippen LogP) is 2.37. The summed E-state index contributed by atoms with van der Waals surface area (Å²) in [5, 5.41) is 0. The molecule has 0 spiro atoms. The van der Waals surface area contributed by atoms with E-state index in [0.717, 1.165) is 9.37 Å². The summed E-state index contributed by atoms with van der Waals surface area (Å²) in [6.45, 7) is 3.99. The van der Waals surface area contributed by atoms with Crippen LogP contribution >= 0.6 is 27.7 Å². The third-order valence-corrected chi connectivity index (χ3v) is 4.88. The monoisotopic (exact) mass is 344 g/mol. The van der Waals surface area contributed by atoms with E-state index in [1.165, 1.54) is 11.8 Å². The van der Waals surface area contributed by atoms with Crippen molar-refractivity contribution in [3.63, 3.8) is 0 Å². The molecule has 0 aliphatic carbocycles. The van der Waals surface area contributed by atoms with E-state index in [9.17, 15) is 4.79 Å². The number of hydrogen-bond acceptors (Lipinski definition) is 4. The number of nitrogens with two attached hydrogens (primary N) is 1. The van der Waals surface area contributed by atoms with Gasteiger partial charge in [0.25, 0.3) is 0 Å². The van der Waals surface area contributed by atoms with Gasteiger partial charge in [-0.3, -0.25) is 4.79 Å². The molecule has 104 valence electrons. The third-order valence-electron chi connectivity index (χ3n) is 2.90. The Hall–Kier alpha value is -0.720. The summed E-state index contributed by atoms with van der Waals surface area (Å²) in [5.41, 5.74) is 6.40. The number of halogens is 1. The molecule has 1 atom stereocenters. The predicted molar refractivity (Wildman–Crippen MR) is 81.3 cm³/mol. The number of amides is 1. The highest BCUT2D eigenvalue weighted by molar-refractivity contribution is 9.10. The fraction of sp³-hybridized carbons (Fsp3) is 0.462. The van der Waals surface area contributed by atoms with Crippen molar-refractivity contribution in [1.29, 1.82) is 0 Å². The molecule has 1 fully saturated rings. The van der Waals surface area contributed by atoms with Gasteiger partial charge < -0.3 is 15.4 Å². The van der Waals surface area contributed by atoms with Gasteiger partial charge in [0.1, 0.15) is 0 Å². The van der Waals surface area contributed by atoms with E-state index in [1.807, 2.05) is 30.0 Å². The van der Waals surface area contributed by atoms with E-state index in [-0.39, 0.29) is 12.0 Å². The average Bonchev–Trinajstić information content (AvgIpc) is 2.37. The lowest BCUT2D eigenvalue weighted by molar-refractivity contribution is -0.135. The molecule has 4 nitrogen and oxygen atoms in total. The first kappa shape index (κ1) is 14.7. The quantitative estimate of drug-likeness (QED) is 0.675. The molecule has 0 bridgehead atoms. The Kier molecular flexibility index (Phi) is 5.13. The van der Waals surface area contributed by atoms with E-state index < -0.39 is 0 Å². The van der Waals surface area contributed by atoms with Gasteiger partial charge in [-0.05, 0) is 41.1 Å². The molecule has 0 saturated carbocycles. The Morgan fingerprint density at radius 3 is 3.11 bits per heavy atom. The molecule has 0 aromatic heterocycles. The van der Waals surface area contributed by atoms with E-state index in [1.54, 1.807) is 0 Å². The van der Waals surface area contributed by atoms with Crippen LogP contribution in [0.15, 0.2) is 27.6 Å². The van der Waals surface area contributed by atoms with E-state index in [0.29, 0.717) is 31.1 Å². The normalized spacial score (nSPS) is 19.5. The highest BCUT2D eigenvalue weighted by Gasteiger charge is 2.21. The fourth-order valence-corrected chi connectivity index (χ4v) is 3.47. The average molecular weight is 345 g/mol. The van der Waals surface area contributed by atoms with Crippen LogP contribution in [-0.4, -0.2) is 42.4 Å². The van der Waals surface area contributed by atoms with Gasteiger partial charge in [0.2, 0.25) is 5.91 Å². The van der Waals surface area contributed by atoms with Crippen molar-refractivity contribution in [2.24, 2.45) is 0 Å². The summed E-state index contributed by atoms with van der Waals surface area (Å²) in [4.78, 5) is 15.0. The number of rotatable bonds is 3. The van der Waals surface area contributed by atoms with Crippen LogP contribution in [0.5, 0.6) is 0 Å². The smallest absolute Gasteiger partial charge is 0.233 e. The Balaban J connectivity index is 1.89. The number of nitrogens with zero attached hydrogens (tertiary/aromatic N) is 1. The molecule has 6 heteroatoms. The molecule has 1 aliphatic rings. The molecular formula is C13H17BrN2O2S. The fourth-order valence-electron chi connectivity index (χ4n) is 1.91.